The third kappa shape index (κ3) is 5.94. The summed E-state index contributed by atoms with van der Waals surface area (Å²) in [5.41, 5.74) is 0.877. The summed E-state index contributed by atoms with van der Waals surface area (Å²) >= 11 is 0. The first-order valence-electron chi connectivity index (χ1n) is 12.5. The Labute approximate surface area is 217 Å². The first kappa shape index (κ1) is 26.6. The number of sulfonamides is 1. The van der Waals surface area contributed by atoms with Crippen molar-refractivity contribution < 1.29 is 27.1 Å². The molecular formula is C26H32N4O6S. The zero-order valence-electron chi connectivity index (χ0n) is 21.3. The quantitative estimate of drug-likeness (QED) is 0.400. The molecule has 1 amide bonds. The van der Waals surface area contributed by atoms with Crippen LogP contribution in [0.2, 0.25) is 0 Å². The molecule has 10 nitrogen and oxygen atoms in total. The lowest BCUT2D eigenvalue weighted by Gasteiger charge is -2.34. The fourth-order valence-electron chi connectivity index (χ4n) is 4.36. The van der Waals surface area contributed by atoms with Crippen LogP contribution in [0.1, 0.15) is 56.8 Å². The van der Waals surface area contributed by atoms with E-state index in [0.717, 1.165) is 25.7 Å². The molecule has 0 bridgehead atoms. The highest BCUT2D eigenvalue weighted by atomic mass is 32.2. The number of ether oxygens (including phenoxy) is 2. The van der Waals surface area contributed by atoms with Crippen LogP contribution in [0.5, 0.6) is 11.5 Å². The van der Waals surface area contributed by atoms with E-state index in [-0.39, 0.29) is 28.4 Å². The van der Waals surface area contributed by atoms with Gasteiger partial charge in [0.1, 0.15) is 0 Å². The van der Waals surface area contributed by atoms with Crippen molar-refractivity contribution in [3.8, 4) is 23.0 Å². The molecule has 1 atom stereocenters. The molecule has 0 spiro atoms. The molecule has 198 valence electrons. The van der Waals surface area contributed by atoms with E-state index in [1.807, 2.05) is 20.8 Å². The summed E-state index contributed by atoms with van der Waals surface area (Å²) in [5.74, 6) is 0.866. The van der Waals surface area contributed by atoms with Gasteiger partial charge in [-0.2, -0.15) is 4.31 Å². The predicted molar refractivity (Wildman–Crippen MR) is 138 cm³/mol. The molecule has 0 saturated carbocycles. The Hall–Kier alpha value is -3.44. The van der Waals surface area contributed by atoms with Crippen LogP contribution in [-0.2, 0) is 10.0 Å². The minimum Gasteiger partial charge on any atom is -0.490 e. The molecule has 1 aromatic heterocycles. The summed E-state index contributed by atoms with van der Waals surface area (Å²) in [4.78, 5) is 12.9. The van der Waals surface area contributed by atoms with Gasteiger partial charge < -0.3 is 13.9 Å². The van der Waals surface area contributed by atoms with Gasteiger partial charge in [-0.3, -0.25) is 10.1 Å². The molecule has 37 heavy (non-hydrogen) atoms. The van der Waals surface area contributed by atoms with E-state index in [4.69, 9.17) is 13.9 Å². The van der Waals surface area contributed by atoms with Gasteiger partial charge in [0, 0.05) is 23.7 Å². The maximum Gasteiger partial charge on any atom is 0.322 e. The number of rotatable bonds is 10. The average Bonchev–Trinajstić information content (AvgIpc) is 3.38. The summed E-state index contributed by atoms with van der Waals surface area (Å²) in [6, 6.07) is 11.1. The molecule has 3 aromatic rings. The van der Waals surface area contributed by atoms with Gasteiger partial charge in [-0.15, -0.1) is 5.10 Å². The van der Waals surface area contributed by atoms with Crippen molar-refractivity contribution in [2.45, 2.75) is 57.4 Å². The average molecular weight is 529 g/mol. The molecule has 1 N–H and O–H groups in total. The molecule has 1 aliphatic heterocycles. The number of nitrogens with one attached hydrogen (secondary N) is 1. The Kier molecular flexibility index (Phi) is 8.45. The van der Waals surface area contributed by atoms with E-state index >= 15 is 0 Å². The number of amides is 1. The van der Waals surface area contributed by atoms with E-state index in [0.29, 0.717) is 36.8 Å². The maximum absolute atomic E-state index is 13.2. The summed E-state index contributed by atoms with van der Waals surface area (Å²) in [7, 11) is -3.63. The van der Waals surface area contributed by atoms with Crippen molar-refractivity contribution >= 4 is 21.9 Å². The topological polar surface area (TPSA) is 124 Å². The Bertz CT molecular complexity index is 1320. The van der Waals surface area contributed by atoms with Crippen LogP contribution in [0, 0.1) is 0 Å². The standard InChI is InChI=1S/C26H32N4O6S/c1-4-20-9-7-8-16-30(20)37(32,33)21-13-10-18(11-14-21)24(31)27-26-29-28-25(36-26)19-12-15-22(34-5-2)23(17-19)35-6-3/h10-15,17,20H,4-9,16H2,1-3H3,(H,27,29,31). The zero-order chi connectivity index (χ0) is 26.4. The Balaban J connectivity index is 1.46. The molecule has 0 aliphatic carbocycles. The lowest BCUT2D eigenvalue weighted by Crippen LogP contribution is -2.43. The Morgan fingerprint density at radius 1 is 1.03 bits per heavy atom. The molecule has 1 saturated heterocycles. The zero-order valence-corrected chi connectivity index (χ0v) is 22.1. The minimum absolute atomic E-state index is 0.00781. The highest BCUT2D eigenvalue weighted by Gasteiger charge is 2.32. The van der Waals surface area contributed by atoms with Gasteiger partial charge >= 0.3 is 6.01 Å². The number of benzene rings is 2. The largest absolute Gasteiger partial charge is 0.490 e. The lowest BCUT2D eigenvalue weighted by atomic mass is 10.0. The predicted octanol–water partition coefficient (Wildman–Crippen LogP) is 4.74. The Morgan fingerprint density at radius 2 is 1.76 bits per heavy atom. The number of hydrogen-bond acceptors (Lipinski definition) is 8. The van der Waals surface area contributed by atoms with Crippen LogP contribution in [-0.4, -0.2) is 54.6 Å². The van der Waals surface area contributed by atoms with Gasteiger partial charge in [-0.1, -0.05) is 18.4 Å². The van der Waals surface area contributed by atoms with Gasteiger partial charge in [0.2, 0.25) is 15.9 Å². The maximum atomic E-state index is 13.2. The van der Waals surface area contributed by atoms with Crippen molar-refractivity contribution in [2.75, 3.05) is 25.1 Å². The van der Waals surface area contributed by atoms with Gasteiger partial charge in [-0.25, -0.2) is 8.42 Å². The minimum atomic E-state index is -3.63. The summed E-state index contributed by atoms with van der Waals surface area (Å²) in [6.45, 7) is 7.25. The van der Waals surface area contributed by atoms with E-state index in [2.05, 4.69) is 15.5 Å². The molecule has 1 unspecified atom stereocenters. The number of piperidine rings is 1. The molecular weight excluding hydrogens is 496 g/mol. The van der Waals surface area contributed by atoms with Crippen LogP contribution in [0.3, 0.4) is 0 Å². The van der Waals surface area contributed by atoms with Gasteiger partial charge in [0.25, 0.3) is 5.91 Å². The van der Waals surface area contributed by atoms with Crippen molar-refractivity contribution in [2.24, 2.45) is 0 Å². The van der Waals surface area contributed by atoms with Crippen molar-refractivity contribution in [3.63, 3.8) is 0 Å². The van der Waals surface area contributed by atoms with E-state index in [1.54, 1.807) is 22.5 Å². The van der Waals surface area contributed by atoms with Crippen LogP contribution < -0.4 is 14.8 Å². The van der Waals surface area contributed by atoms with Gasteiger partial charge in [0.05, 0.1) is 18.1 Å². The fraction of sp³-hybridized carbons (Fsp3) is 0.423. The third-order valence-electron chi connectivity index (χ3n) is 6.20. The van der Waals surface area contributed by atoms with Crippen LogP contribution >= 0.6 is 0 Å². The second-order valence-electron chi connectivity index (χ2n) is 8.59. The SMILES string of the molecule is CCOc1ccc(-c2nnc(NC(=O)c3ccc(S(=O)(=O)N4CCCCC4CC)cc3)o2)cc1OCC. The number of carbonyl (C=O) groups is 1. The highest BCUT2D eigenvalue weighted by Crippen LogP contribution is 2.33. The molecule has 4 rings (SSSR count). The first-order chi connectivity index (χ1) is 17.9. The van der Waals surface area contributed by atoms with E-state index < -0.39 is 15.9 Å². The van der Waals surface area contributed by atoms with Gasteiger partial charge in [0.15, 0.2) is 11.5 Å². The number of carbonyl (C=O) groups excluding carboxylic acids is 1. The number of anilines is 1. The molecule has 0 radical (unpaired) electrons. The monoisotopic (exact) mass is 528 g/mol. The summed E-state index contributed by atoms with van der Waals surface area (Å²) < 4.78 is 44.7. The van der Waals surface area contributed by atoms with Crippen molar-refractivity contribution in [1.29, 1.82) is 0 Å². The second kappa shape index (κ2) is 11.7. The van der Waals surface area contributed by atoms with Gasteiger partial charge in [-0.05, 0) is 75.6 Å². The lowest BCUT2D eigenvalue weighted by molar-refractivity contribution is 0.102. The Morgan fingerprint density at radius 3 is 2.46 bits per heavy atom. The van der Waals surface area contributed by atoms with Crippen LogP contribution in [0.15, 0.2) is 51.8 Å². The third-order valence-corrected chi connectivity index (χ3v) is 8.17. The first-order valence-corrected chi connectivity index (χ1v) is 14.0. The van der Waals surface area contributed by atoms with Crippen molar-refractivity contribution in [1.82, 2.24) is 14.5 Å². The second-order valence-corrected chi connectivity index (χ2v) is 10.5. The van der Waals surface area contributed by atoms with E-state index in [1.165, 1.54) is 24.3 Å². The molecule has 2 heterocycles. The number of hydrogen-bond donors (Lipinski definition) is 1. The number of aromatic nitrogens is 2. The smallest absolute Gasteiger partial charge is 0.322 e. The highest BCUT2D eigenvalue weighted by molar-refractivity contribution is 7.89. The van der Waals surface area contributed by atoms with Crippen molar-refractivity contribution in [3.05, 3.63) is 48.0 Å². The molecule has 1 aliphatic rings. The number of nitrogens with zero attached hydrogens (tertiary/aromatic N) is 3. The van der Waals surface area contributed by atoms with Crippen LogP contribution in [0.4, 0.5) is 6.01 Å². The molecule has 11 heteroatoms. The summed E-state index contributed by atoms with van der Waals surface area (Å²) in [6.07, 6.45) is 3.53. The molecule has 2 aromatic carbocycles. The normalized spacial score (nSPS) is 16.4. The van der Waals surface area contributed by atoms with Crippen LogP contribution in [0.25, 0.3) is 11.5 Å². The molecule has 1 fully saturated rings. The van der Waals surface area contributed by atoms with E-state index in [9.17, 15) is 13.2 Å². The summed E-state index contributed by atoms with van der Waals surface area (Å²) in [5, 5.41) is 10.5. The fourth-order valence-corrected chi connectivity index (χ4v) is 6.12.